The van der Waals surface area contributed by atoms with E-state index in [1.54, 1.807) is 6.20 Å². The van der Waals surface area contributed by atoms with Gasteiger partial charge < -0.3 is 4.90 Å². The number of pyridine rings is 1. The molecule has 2 fully saturated rings. The van der Waals surface area contributed by atoms with E-state index in [-0.39, 0.29) is 0 Å². The number of nitrogens with zero attached hydrogens (tertiary/aromatic N) is 3. The van der Waals surface area contributed by atoms with Crippen molar-refractivity contribution >= 4 is 34.4 Å². The number of likely N-dealkylation sites (tertiary alicyclic amines) is 1. The highest BCUT2D eigenvalue weighted by Crippen LogP contribution is 2.33. The largest absolute Gasteiger partial charge is 0.303 e. The van der Waals surface area contributed by atoms with Crippen LogP contribution in [0.25, 0.3) is 10.9 Å². The van der Waals surface area contributed by atoms with Crippen LogP contribution in [0.2, 0.25) is 5.02 Å². The molecule has 1 saturated heterocycles. The molecular formula is C21H22ClN4. The number of benzene rings is 1. The van der Waals surface area contributed by atoms with Gasteiger partial charge in [0.2, 0.25) is 0 Å². The molecule has 1 aliphatic heterocycles. The molecule has 1 aromatic carbocycles. The third-order valence-corrected chi connectivity index (χ3v) is 5.12. The van der Waals surface area contributed by atoms with Gasteiger partial charge in [0.1, 0.15) is 0 Å². The fourth-order valence-corrected chi connectivity index (χ4v) is 3.66. The lowest BCUT2D eigenvalue weighted by Gasteiger charge is -2.29. The molecule has 5 heteroatoms. The summed E-state index contributed by atoms with van der Waals surface area (Å²) in [5.41, 5.74) is 4.93. The van der Waals surface area contributed by atoms with Crippen LogP contribution < -0.4 is 5.43 Å². The number of fused-ring (bicyclic) bond motifs is 1. The summed E-state index contributed by atoms with van der Waals surface area (Å²) in [5.74, 6) is 2.51. The Labute approximate surface area is 160 Å². The van der Waals surface area contributed by atoms with Crippen molar-refractivity contribution in [3.8, 4) is 0 Å². The van der Waals surface area contributed by atoms with Gasteiger partial charge in [0.05, 0.1) is 11.2 Å². The van der Waals surface area contributed by atoms with Crippen molar-refractivity contribution < 1.29 is 0 Å². The summed E-state index contributed by atoms with van der Waals surface area (Å²) < 4.78 is 0. The van der Waals surface area contributed by atoms with Crippen LogP contribution in [0, 0.1) is 31.1 Å². The lowest BCUT2D eigenvalue weighted by atomic mass is 9.96. The van der Waals surface area contributed by atoms with Crippen LogP contribution in [0.4, 0.5) is 5.69 Å². The third-order valence-electron chi connectivity index (χ3n) is 4.88. The highest BCUT2D eigenvalue weighted by Gasteiger charge is 2.30. The Morgan fingerprint density at radius 2 is 2.04 bits per heavy atom. The number of piperidine rings is 1. The van der Waals surface area contributed by atoms with Gasteiger partial charge in [-0.2, -0.15) is 5.10 Å². The number of halogens is 1. The molecule has 0 spiro atoms. The number of hydrogen-bond donors (Lipinski definition) is 1. The quantitative estimate of drug-likeness (QED) is 0.624. The van der Waals surface area contributed by atoms with Crippen LogP contribution in [-0.2, 0) is 0 Å². The van der Waals surface area contributed by atoms with E-state index >= 15 is 0 Å². The van der Waals surface area contributed by atoms with E-state index in [0.717, 1.165) is 23.1 Å². The zero-order chi connectivity index (χ0) is 17.8. The number of rotatable bonds is 5. The van der Waals surface area contributed by atoms with Crippen molar-refractivity contribution in [2.24, 2.45) is 5.10 Å². The van der Waals surface area contributed by atoms with Crippen LogP contribution in [-0.4, -0.2) is 35.7 Å². The van der Waals surface area contributed by atoms with Gasteiger partial charge in [0.25, 0.3) is 0 Å². The average Bonchev–Trinajstić information content (AvgIpc) is 3.09. The molecule has 26 heavy (non-hydrogen) atoms. The molecule has 0 amide bonds. The van der Waals surface area contributed by atoms with Gasteiger partial charge in [-0.3, -0.25) is 10.4 Å². The van der Waals surface area contributed by atoms with Crippen molar-refractivity contribution in [2.75, 3.05) is 25.1 Å². The minimum Gasteiger partial charge on any atom is -0.303 e. The Morgan fingerprint density at radius 3 is 2.92 bits per heavy atom. The fourth-order valence-electron chi connectivity index (χ4n) is 3.49. The number of anilines is 1. The van der Waals surface area contributed by atoms with Gasteiger partial charge >= 0.3 is 0 Å². The summed E-state index contributed by atoms with van der Waals surface area (Å²) in [4.78, 5) is 6.89. The highest BCUT2D eigenvalue weighted by molar-refractivity contribution is 6.31. The normalized spacial score (nSPS) is 20.3. The molecule has 2 heterocycles. The lowest BCUT2D eigenvalue weighted by molar-refractivity contribution is 0.240. The molecule has 0 atom stereocenters. The Balaban J connectivity index is 1.40. The van der Waals surface area contributed by atoms with Gasteiger partial charge in [-0.15, -0.1) is 0 Å². The van der Waals surface area contributed by atoms with E-state index in [9.17, 15) is 0 Å². The summed E-state index contributed by atoms with van der Waals surface area (Å²) in [7, 11) is 0. The van der Waals surface area contributed by atoms with Crippen LogP contribution >= 0.6 is 11.6 Å². The summed E-state index contributed by atoms with van der Waals surface area (Å²) >= 11 is 6.05. The molecule has 2 aliphatic rings. The van der Waals surface area contributed by atoms with Crippen molar-refractivity contribution in [1.82, 2.24) is 9.88 Å². The summed E-state index contributed by atoms with van der Waals surface area (Å²) in [6, 6.07) is 7.62. The monoisotopic (exact) mass is 365 g/mol. The van der Waals surface area contributed by atoms with E-state index in [1.807, 2.05) is 30.5 Å². The number of hydrogen-bond acceptors (Lipinski definition) is 4. The molecule has 4 nitrogen and oxygen atoms in total. The first kappa shape index (κ1) is 17.7. The van der Waals surface area contributed by atoms with Crippen molar-refractivity contribution in [2.45, 2.75) is 19.3 Å². The maximum Gasteiger partial charge on any atom is 0.0738 e. The van der Waals surface area contributed by atoms with Crippen LogP contribution in [0.5, 0.6) is 0 Å². The standard InChI is InChI=1S/C21H22ClN4/c22-18-7-8-19-20(9-10-23-21(19)13-18)25-24-14-16-5-4-6-17(16)15-26-11-2-1-3-12-26/h4-10,13-14H,1-3,11-12,15H2,(H,23,25)/b24-14+. The first-order valence-corrected chi connectivity index (χ1v) is 9.48. The number of nitrogens with one attached hydrogen (secondary N) is 1. The van der Waals surface area contributed by atoms with E-state index in [0.29, 0.717) is 5.02 Å². The molecule has 1 saturated carbocycles. The van der Waals surface area contributed by atoms with E-state index < -0.39 is 0 Å². The summed E-state index contributed by atoms with van der Waals surface area (Å²) in [6.45, 7) is 3.40. The maximum atomic E-state index is 6.05. The summed E-state index contributed by atoms with van der Waals surface area (Å²) in [5, 5.41) is 6.15. The van der Waals surface area contributed by atoms with Crippen LogP contribution in [0.15, 0.2) is 35.6 Å². The van der Waals surface area contributed by atoms with Gasteiger partial charge in [-0.05, 0) is 69.5 Å². The first-order valence-electron chi connectivity index (χ1n) is 9.10. The second-order valence-electron chi connectivity index (χ2n) is 6.73. The lowest BCUT2D eigenvalue weighted by Crippen LogP contribution is -2.34. The molecule has 4 rings (SSSR count). The Hall–Kier alpha value is -1.65. The molecule has 5 radical (unpaired) electrons. The van der Waals surface area contributed by atoms with Crippen molar-refractivity contribution in [1.29, 1.82) is 0 Å². The van der Waals surface area contributed by atoms with Crippen LogP contribution in [0.1, 0.15) is 19.3 Å². The molecule has 0 bridgehead atoms. The predicted octanol–water partition coefficient (Wildman–Crippen LogP) is 4.55. The second kappa shape index (κ2) is 8.36. The first-order chi connectivity index (χ1) is 12.8. The zero-order valence-electron chi connectivity index (χ0n) is 14.7. The van der Waals surface area contributed by atoms with E-state index in [1.165, 1.54) is 44.2 Å². The molecule has 0 unspecified atom stereocenters. The Bertz CT molecular complexity index is 770. The van der Waals surface area contributed by atoms with Crippen molar-refractivity contribution in [3.63, 3.8) is 0 Å². The molecular weight excluding hydrogens is 344 g/mol. The van der Waals surface area contributed by atoms with Gasteiger partial charge in [-0.25, -0.2) is 0 Å². The third kappa shape index (κ3) is 4.18. The second-order valence-corrected chi connectivity index (χ2v) is 7.17. The topological polar surface area (TPSA) is 40.5 Å². The average molecular weight is 366 g/mol. The fraction of sp³-hybridized carbons (Fsp3) is 0.286. The number of hydrazone groups is 1. The SMILES string of the molecule is Clc1ccc2c(N/N=C/[C]3[CH][CH][CH][C]3CN3CCCCC3)ccnc2c1. The highest BCUT2D eigenvalue weighted by atomic mass is 35.5. The molecule has 1 aromatic heterocycles. The molecule has 133 valence electrons. The van der Waals surface area contributed by atoms with Crippen LogP contribution in [0.3, 0.4) is 0 Å². The summed E-state index contributed by atoms with van der Waals surface area (Å²) in [6.07, 6.45) is 14.1. The smallest absolute Gasteiger partial charge is 0.0738 e. The van der Waals surface area contributed by atoms with Crippen molar-refractivity contribution in [3.05, 3.63) is 66.6 Å². The predicted molar refractivity (Wildman–Crippen MR) is 109 cm³/mol. The Kier molecular flexibility index (Phi) is 5.71. The van der Waals surface area contributed by atoms with Gasteiger partial charge in [-0.1, -0.05) is 18.0 Å². The van der Waals surface area contributed by atoms with Gasteiger partial charge in [0, 0.05) is 41.2 Å². The Morgan fingerprint density at radius 1 is 1.15 bits per heavy atom. The molecule has 2 aromatic rings. The van der Waals surface area contributed by atoms with Gasteiger partial charge in [0.15, 0.2) is 0 Å². The minimum absolute atomic E-state index is 0.685. The van der Waals surface area contributed by atoms with E-state index in [2.05, 4.69) is 39.7 Å². The maximum absolute atomic E-state index is 6.05. The molecule has 1 aliphatic carbocycles. The number of aromatic nitrogens is 1. The zero-order valence-corrected chi connectivity index (χ0v) is 15.4. The molecule has 1 N–H and O–H groups in total. The van der Waals surface area contributed by atoms with E-state index in [4.69, 9.17) is 11.6 Å². The minimum atomic E-state index is 0.685.